The number of morpholine rings is 1. The third kappa shape index (κ3) is 5.98. The molecular weight excluding hydrogens is 484 g/mol. The van der Waals surface area contributed by atoms with Gasteiger partial charge in [-0.1, -0.05) is 51.4 Å². The molecule has 9 heteroatoms. The molecule has 2 aromatic rings. The fourth-order valence-electron chi connectivity index (χ4n) is 5.07. The largest absolute Gasteiger partial charge is 0.378 e. The van der Waals surface area contributed by atoms with Crippen LogP contribution in [0.15, 0.2) is 29.6 Å². The summed E-state index contributed by atoms with van der Waals surface area (Å²) in [4.78, 5) is 34.7. The molecule has 7 nitrogen and oxygen atoms in total. The van der Waals surface area contributed by atoms with Gasteiger partial charge in [0.15, 0.2) is 5.13 Å². The van der Waals surface area contributed by atoms with Crippen molar-refractivity contribution in [3.63, 3.8) is 0 Å². The van der Waals surface area contributed by atoms with Crippen molar-refractivity contribution in [2.45, 2.75) is 46.1 Å². The fraction of sp³-hybridized carbons (Fsp3) is 0.577. The standard InChI is InChI=1S/C26H35ClN4O3S/c1-17(2)22(29-25-28-21(15-35-25)23(32)30-11-13-34-14-12-30)24(33)31-10-9-20(26(3,4)16-31)18-5-7-19(27)8-6-18/h5-8,15,17,20,22H,9-14,16H2,1-4H3,(H,28,29). The molecule has 2 unspecified atom stereocenters. The number of halogens is 1. The van der Waals surface area contributed by atoms with Gasteiger partial charge in [0.05, 0.1) is 13.2 Å². The third-order valence-electron chi connectivity index (χ3n) is 7.05. The number of hydrogen-bond acceptors (Lipinski definition) is 6. The number of rotatable bonds is 6. The molecular formula is C26H35ClN4O3S. The Labute approximate surface area is 216 Å². The Morgan fingerprint density at radius 1 is 1.14 bits per heavy atom. The number of ether oxygens (including phenoxy) is 1. The number of nitrogens with zero attached hydrogens (tertiary/aromatic N) is 3. The quantitative estimate of drug-likeness (QED) is 0.597. The number of thiazole rings is 1. The molecule has 2 amide bonds. The van der Waals surface area contributed by atoms with Crippen LogP contribution >= 0.6 is 22.9 Å². The van der Waals surface area contributed by atoms with Crippen molar-refractivity contribution in [2.24, 2.45) is 11.3 Å². The molecule has 0 radical (unpaired) electrons. The van der Waals surface area contributed by atoms with Crippen molar-refractivity contribution in [3.8, 4) is 0 Å². The Hall–Kier alpha value is -2.16. The summed E-state index contributed by atoms with van der Waals surface area (Å²) in [5.41, 5.74) is 1.62. The zero-order valence-electron chi connectivity index (χ0n) is 20.9. The number of hydrogen-bond donors (Lipinski definition) is 1. The topological polar surface area (TPSA) is 74.8 Å². The van der Waals surface area contributed by atoms with E-state index in [2.05, 4.69) is 36.3 Å². The molecule has 2 aliphatic rings. The van der Waals surface area contributed by atoms with Gasteiger partial charge in [0, 0.05) is 36.6 Å². The highest BCUT2D eigenvalue weighted by atomic mass is 35.5. The maximum Gasteiger partial charge on any atom is 0.273 e. The maximum absolute atomic E-state index is 13.6. The summed E-state index contributed by atoms with van der Waals surface area (Å²) < 4.78 is 5.33. The first-order valence-electron chi connectivity index (χ1n) is 12.3. The molecule has 4 rings (SSSR count). The predicted molar refractivity (Wildman–Crippen MR) is 140 cm³/mol. The smallest absolute Gasteiger partial charge is 0.273 e. The van der Waals surface area contributed by atoms with E-state index in [1.807, 2.05) is 30.9 Å². The number of piperidine rings is 1. The van der Waals surface area contributed by atoms with E-state index >= 15 is 0 Å². The zero-order chi connectivity index (χ0) is 25.2. The van der Waals surface area contributed by atoms with Crippen LogP contribution < -0.4 is 5.32 Å². The third-order valence-corrected chi connectivity index (χ3v) is 8.07. The summed E-state index contributed by atoms with van der Waals surface area (Å²) >= 11 is 7.45. The maximum atomic E-state index is 13.6. The minimum Gasteiger partial charge on any atom is -0.378 e. The van der Waals surface area contributed by atoms with Gasteiger partial charge < -0.3 is 19.9 Å². The lowest BCUT2D eigenvalue weighted by atomic mass is 9.70. The summed E-state index contributed by atoms with van der Waals surface area (Å²) in [5, 5.41) is 6.44. The molecule has 1 aromatic heterocycles. The number of nitrogens with one attached hydrogen (secondary N) is 1. The van der Waals surface area contributed by atoms with E-state index in [0.29, 0.717) is 56.1 Å². The van der Waals surface area contributed by atoms with E-state index in [9.17, 15) is 9.59 Å². The van der Waals surface area contributed by atoms with Crippen molar-refractivity contribution in [2.75, 3.05) is 44.7 Å². The molecule has 2 aliphatic heterocycles. The average Bonchev–Trinajstić information content (AvgIpc) is 3.31. The lowest BCUT2D eigenvalue weighted by Crippen LogP contribution is -2.53. The van der Waals surface area contributed by atoms with Gasteiger partial charge in [-0.05, 0) is 41.4 Å². The van der Waals surface area contributed by atoms with E-state index in [1.54, 1.807) is 10.3 Å². The number of carbonyl (C=O) groups excluding carboxylic acids is 2. The van der Waals surface area contributed by atoms with E-state index < -0.39 is 6.04 Å². The number of carbonyl (C=O) groups is 2. The first kappa shape index (κ1) is 25.9. The van der Waals surface area contributed by atoms with Gasteiger partial charge in [0.2, 0.25) is 5.91 Å². The van der Waals surface area contributed by atoms with Gasteiger partial charge in [0.25, 0.3) is 5.91 Å². The van der Waals surface area contributed by atoms with Crippen LogP contribution in [-0.4, -0.2) is 72.0 Å². The van der Waals surface area contributed by atoms with Gasteiger partial charge in [-0.3, -0.25) is 9.59 Å². The Morgan fingerprint density at radius 3 is 2.46 bits per heavy atom. The minimum absolute atomic E-state index is 0.0673. The molecule has 2 saturated heterocycles. The van der Waals surface area contributed by atoms with Gasteiger partial charge in [-0.15, -0.1) is 11.3 Å². The summed E-state index contributed by atoms with van der Waals surface area (Å²) in [6, 6.07) is 7.67. The molecule has 2 fully saturated rings. The van der Waals surface area contributed by atoms with Crippen molar-refractivity contribution >= 4 is 39.9 Å². The lowest BCUT2D eigenvalue weighted by Gasteiger charge is -2.45. The lowest BCUT2D eigenvalue weighted by molar-refractivity contribution is -0.136. The summed E-state index contributed by atoms with van der Waals surface area (Å²) in [6.07, 6.45) is 0.903. The van der Waals surface area contributed by atoms with Crippen molar-refractivity contribution in [1.82, 2.24) is 14.8 Å². The number of benzene rings is 1. The van der Waals surface area contributed by atoms with E-state index in [-0.39, 0.29) is 23.1 Å². The highest BCUT2D eigenvalue weighted by Gasteiger charge is 2.40. The highest BCUT2D eigenvalue weighted by molar-refractivity contribution is 7.13. The molecule has 0 spiro atoms. The highest BCUT2D eigenvalue weighted by Crippen LogP contribution is 2.42. The van der Waals surface area contributed by atoms with Crippen LogP contribution in [0.4, 0.5) is 5.13 Å². The predicted octanol–water partition coefficient (Wildman–Crippen LogP) is 4.75. The van der Waals surface area contributed by atoms with Crippen molar-refractivity contribution < 1.29 is 14.3 Å². The summed E-state index contributed by atoms with van der Waals surface area (Å²) in [6.45, 7) is 12.2. The second-order valence-corrected chi connectivity index (χ2v) is 11.7. The summed E-state index contributed by atoms with van der Waals surface area (Å²) in [5.74, 6) is 0.429. The Balaban J connectivity index is 1.42. The Kier molecular flexibility index (Phi) is 8.03. The molecule has 2 atom stereocenters. The van der Waals surface area contributed by atoms with E-state index in [1.165, 1.54) is 16.9 Å². The van der Waals surface area contributed by atoms with Crippen LogP contribution in [0.3, 0.4) is 0 Å². The molecule has 1 aromatic carbocycles. The number of amides is 2. The SMILES string of the molecule is CC(C)C(Nc1nc(C(=O)N2CCOCC2)cs1)C(=O)N1CCC(c2ccc(Cl)cc2)C(C)(C)C1. The van der Waals surface area contributed by atoms with Crippen LogP contribution in [0.1, 0.15) is 56.1 Å². The second kappa shape index (κ2) is 10.8. The van der Waals surface area contributed by atoms with Crippen LogP contribution in [0.2, 0.25) is 5.02 Å². The Bertz CT molecular complexity index is 1030. The normalized spacial score (nSPS) is 21.1. The number of anilines is 1. The van der Waals surface area contributed by atoms with Gasteiger partial charge >= 0.3 is 0 Å². The minimum atomic E-state index is -0.407. The van der Waals surface area contributed by atoms with Crippen LogP contribution in [0, 0.1) is 11.3 Å². The molecule has 0 bridgehead atoms. The fourth-order valence-corrected chi connectivity index (χ4v) is 5.92. The molecule has 1 N–H and O–H groups in total. The average molecular weight is 519 g/mol. The molecule has 0 saturated carbocycles. The van der Waals surface area contributed by atoms with Crippen LogP contribution in [-0.2, 0) is 9.53 Å². The monoisotopic (exact) mass is 518 g/mol. The molecule has 35 heavy (non-hydrogen) atoms. The second-order valence-electron chi connectivity index (χ2n) is 10.4. The van der Waals surface area contributed by atoms with Gasteiger partial charge in [-0.25, -0.2) is 4.98 Å². The number of likely N-dealkylation sites (tertiary alicyclic amines) is 1. The molecule has 0 aliphatic carbocycles. The first-order valence-corrected chi connectivity index (χ1v) is 13.5. The van der Waals surface area contributed by atoms with Crippen molar-refractivity contribution in [1.29, 1.82) is 0 Å². The van der Waals surface area contributed by atoms with Gasteiger partial charge in [0.1, 0.15) is 11.7 Å². The van der Waals surface area contributed by atoms with E-state index in [0.717, 1.165) is 11.4 Å². The first-order chi connectivity index (χ1) is 16.7. The summed E-state index contributed by atoms with van der Waals surface area (Å²) in [7, 11) is 0. The van der Waals surface area contributed by atoms with E-state index in [4.69, 9.17) is 16.3 Å². The molecule has 190 valence electrons. The molecule has 3 heterocycles. The van der Waals surface area contributed by atoms with Gasteiger partial charge in [-0.2, -0.15) is 0 Å². The van der Waals surface area contributed by atoms with Crippen molar-refractivity contribution in [3.05, 3.63) is 45.9 Å². The Morgan fingerprint density at radius 2 is 1.83 bits per heavy atom. The number of aromatic nitrogens is 1. The zero-order valence-corrected chi connectivity index (χ0v) is 22.5. The van der Waals surface area contributed by atoms with Crippen LogP contribution in [0.5, 0.6) is 0 Å². The van der Waals surface area contributed by atoms with Crippen LogP contribution in [0.25, 0.3) is 0 Å².